The summed E-state index contributed by atoms with van der Waals surface area (Å²) in [6, 6.07) is 8.50. The minimum absolute atomic E-state index is 0.361. The molecule has 1 atom stereocenters. The number of methoxy groups -OCH3 is 2. The van der Waals surface area contributed by atoms with E-state index in [-0.39, 0.29) is 5.41 Å². The number of nitrogens with two attached hydrogens (primary N) is 1. The van der Waals surface area contributed by atoms with Crippen LogP contribution in [0.4, 0.5) is 9.18 Å². The molecular formula is C20H22FNO4. The lowest BCUT2D eigenvalue weighted by atomic mass is 9.87. The van der Waals surface area contributed by atoms with Crippen molar-refractivity contribution >= 4 is 6.09 Å². The molecule has 2 aromatic rings. The molecule has 0 aromatic heterocycles. The summed E-state index contributed by atoms with van der Waals surface area (Å²) in [6.07, 6.45) is -0.773. The highest BCUT2D eigenvalue weighted by Gasteiger charge is 2.42. The Balaban J connectivity index is 2.07. The molecule has 1 aliphatic rings. The molecule has 1 unspecified atom stereocenters. The van der Waals surface area contributed by atoms with Gasteiger partial charge in [0, 0.05) is 11.0 Å². The lowest BCUT2D eigenvalue weighted by Gasteiger charge is -2.26. The van der Waals surface area contributed by atoms with Gasteiger partial charge >= 0.3 is 6.09 Å². The van der Waals surface area contributed by atoms with E-state index in [9.17, 15) is 9.18 Å². The average molecular weight is 359 g/mol. The molecule has 6 heteroatoms. The molecule has 0 aliphatic heterocycles. The summed E-state index contributed by atoms with van der Waals surface area (Å²) >= 11 is 0. The van der Waals surface area contributed by atoms with Crippen molar-refractivity contribution < 1.29 is 23.4 Å². The highest BCUT2D eigenvalue weighted by Crippen LogP contribution is 2.49. The first-order chi connectivity index (χ1) is 12.3. The molecule has 0 saturated carbocycles. The predicted molar refractivity (Wildman–Crippen MR) is 95.8 cm³/mol. The van der Waals surface area contributed by atoms with Crippen LogP contribution >= 0.6 is 0 Å². The predicted octanol–water partition coefficient (Wildman–Crippen LogP) is 4.23. The molecule has 0 spiro atoms. The van der Waals surface area contributed by atoms with Crippen molar-refractivity contribution in [1.82, 2.24) is 0 Å². The van der Waals surface area contributed by atoms with Crippen LogP contribution in [-0.4, -0.2) is 20.3 Å². The van der Waals surface area contributed by atoms with E-state index in [2.05, 4.69) is 0 Å². The Bertz CT molecular complexity index is 863. The van der Waals surface area contributed by atoms with Crippen LogP contribution < -0.4 is 15.2 Å². The van der Waals surface area contributed by atoms with E-state index in [1.54, 1.807) is 31.4 Å². The van der Waals surface area contributed by atoms with Gasteiger partial charge in [-0.05, 0) is 47.4 Å². The highest BCUT2D eigenvalue weighted by molar-refractivity contribution is 5.70. The first kappa shape index (κ1) is 18.0. The third kappa shape index (κ3) is 3.07. The fourth-order valence-corrected chi connectivity index (χ4v) is 3.60. The number of amides is 1. The number of halogens is 1. The summed E-state index contributed by atoms with van der Waals surface area (Å²) in [7, 11) is 3.09. The first-order valence-corrected chi connectivity index (χ1v) is 8.27. The maximum absolute atomic E-state index is 14.9. The van der Waals surface area contributed by atoms with Gasteiger partial charge in [0.1, 0.15) is 11.9 Å². The SMILES string of the molecule is COc1ccc(-c2cc3c(cc2F)C(OC(N)=O)C(C)(C)C3)cc1OC. The molecule has 2 N–H and O–H groups in total. The van der Waals surface area contributed by atoms with E-state index in [4.69, 9.17) is 19.9 Å². The normalized spacial score (nSPS) is 17.5. The number of carbonyl (C=O) groups is 1. The standard InChI is InChI=1S/C20H22FNO4/c1-20(2)10-12-7-13(11-5-6-16(24-3)17(8-11)25-4)15(21)9-14(12)18(20)26-19(22)23/h5-9,18H,10H2,1-4H3,(H2,22,23). The number of fused-ring (bicyclic) bond motifs is 1. The molecule has 1 amide bonds. The van der Waals surface area contributed by atoms with Gasteiger partial charge < -0.3 is 19.9 Å². The summed E-state index contributed by atoms with van der Waals surface area (Å²) in [5.41, 5.74) is 7.57. The molecule has 1 aliphatic carbocycles. The largest absolute Gasteiger partial charge is 0.493 e. The van der Waals surface area contributed by atoms with Crippen LogP contribution in [-0.2, 0) is 11.2 Å². The third-order valence-electron chi connectivity index (χ3n) is 4.80. The summed E-state index contributed by atoms with van der Waals surface area (Å²) in [6.45, 7) is 3.93. The van der Waals surface area contributed by atoms with Crippen LogP contribution in [0.2, 0.25) is 0 Å². The van der Waals surface area contributed by atoms with E-state index in [1.165, 1.54) is 13.2 Å². The summed E-state index contributed by atoms with van der Waals surface area (Å²) in [4.78, 5) is 11.2. The Hall–Kier alpha value is -2.76. The molecule has 3 rings (SSSR count). The van der Waals surface area contributed by atoms with Gasteiger partial charge in [0.2, 0.25) is 0 Å². The van der Waals surface area contributed by atoms with Gasteiger partial charge in [-0.15, -0.1) is 0 Å². The van der Waals surface area contributed by atoms with Crippen molar-refractivity contribution in [3.63, 3.8) is 0 Å². The molecule has 0 radical (unpaired) electrons. The van der Waals surface area contributed by atoms with Gasteiger partial charge in [-0.1, -0.05) is 19.9 Å². The minimum Gasteiger partial charge on any atom is -0.493 e. The van der Waals surface area contributed by atoms with Gasteiger partial charge in [-0.25, -0.2) is 9.18 Å². The number of primary amides is 1. The zero-order valence-corrected chi connectivity index (χ0v) is 15.3. The Labute approximate surface area is 151 Å². The van der Waals surface area contributed by atoms with Gasteiger partial charge in [0.05, 0.1) is 14.2 Å². The monoisotopic (exact) mass is 359 g/mol. The zero-order valence-electron chi connectivity index (χ0n) is 15.3. The Kier molecular flexibility index (Phi) is 4.52. The summed E-state index contributed by atoms with van der Waals surface area (Å²) < 4.78 is 30.7. The number of rotatable bonds is 4. The molecule has 2 aromatic carbocycles. The van der Waals surface area contributed by atoms with Crippen molar-refractivity contribution in [3.8, 4) is 22.6 Å². The molecule has 0 fully saturated rings. The molecule has 0 bridgehead atoms. The highest BCUT2D eigenvalue weighted by atomic mass is 19.1. The van der Waals surface area contributed by atoms with Gasteiger partial charge in [-0.3, -0.25) is 0 Å². The van der Waals surface area contributed by atoms with Gasteiger partial charge in [0.15, 0.2) is 11.5 Å². The van der Waals surface area contributed by atoms with Crippen molar-refractivity contribution in [3.05, 3.63) is 47.3 Å². The van der Waals surface area contributed by atoms with Crippen LogP contribution in [0.5, 0.6) is 11.5 Å². The molecular weight excluding hydrogens is 337 g/mol. The topological polar surface area (TPSA) is 70.8 Å². The van der Waals surface area contributed by atoms with Crippen molar-refractivity contribution in [2.45, 2.75) is 26.4 Å². The molecule has 26 heavy (non-hydrogen) atoms. The Morgan fingerprint density at radius 2 is 1.85 bits per heavy atom. The maximum Gasteiger partial charge on any atom is 0.405 e. The fourth-order valence-electron chi connectivity index (χ4n) is 3.60. The lowest BCUT2D eigenvalue weighted by molar-refractivity contribution is 0.0391. The second-order valence-electron chi connectivity index (χ2n) is 7.08. The average Bonchev–Trinajstić information content (AvgIpc) is 2.83. The zero-order chi connectivity index (χ0) is 19.1. The number of hydrogen-bond acceptors (Lipinski definition) is 4. The summed E-state index contributed by atoms with van der Waals surface area (Å²) in [5, 5.41) is 0. The Morgan fingerprint density at radius 3 is 2.46 bits per heavy atom. The first-order valence-electron chi connectivity index (χ1n) is 8.27. The van der Waals surface area contributed by atoms with E-state index >= 15 is 0 Å². The molecule has 0 heterocycles. The second kappa shape index (κ2) is 6.52. The van der Waals surface area contributed by atoms with Crippen molar-refractivity contribution in [2.75, 3.05) is 14.2 Å². The van der Waals surface area contributed by atoms with Crippen molar-refractivity contribution in [1.29, 1.82) is 0 Å². The van der Waals surface area contributed by atoms with Crippen LogP contribution in [0.15, 0.2) is 30.3 Å². The maximum atomic E-state index is 14.9. The molecule has 138 valence electrons. The van der Waals surface area contributed by atoms with Crippen LogP contribution in [0.3, 0.4) is 0 Å². The van der Waals surface area contributed by atoms with E-state index in [0.29, 0.717) is 34.6 Å². The molecule has 0 saturated heterocycles. The van der Waals surface area contributed by atoms with Crippen LogP contribution in [0.25, 0.3) is 11.1 Å². The quantitative estimate of drug-likeness (QED) is 0.887. The summed E-state index contributed by atoms with van der Waals surface area (Å²) in [5.74, 6) is 0.709. The minimum atomic E-state index is -0.861. The third-order valence-corrected chi connectivity index (χ3v) is 4.80. The van der Waals surface area contributed by atoms with Gasteiger partial charge in [0.25, 0.3) is 0 Å². The number of ether oxygens (including phenoxy) is 3. The van der Waals surface area contributed by atoms with E-state index in [1.807, 2.05) is 13.8 Å². The van der Waals surface area contributed by atoms with E-state index in [0.717, 1.165) is 5.56 Å². The smallest absolute Gasteiger partial charge is 0.405 e. The van der Waals surface area contributed by atoms with Crippen LogP contribution in [0, 0.1) is 11.2 Å². The molecule has 5 nitrogen and oxygen atoms in total. The van der Waals surface area contributed by atoms with Crippen molar-refractivity contribution in [2.24, 2.45) is 11.1 Å². The fraction of sp³-hybridized carbons (Fsp3) is 0.350. The number of carbonyl (C=O) groups excluding carboxylic acids is 1. The van der Waals surface area contributed by atoms with Gasteiger partial charge in [-0.2, -0.15) is 0 Å². The second-order valence-corrected chi connectivity index (χ2v) is 7.08. The number of hydrogen-bond donors (Lipinski definition) is 1. The van der Waals surface area contributed by atoms with Crippen LogP contribution in [0.1, 0.15) is 31.1 Å². The number of benzene rings is 2. The Morgan fingerprint density at radius 1 is 1.15 bits per heavy atom. The van der Waals surface area contributed by atoms with E-state index < -0.39 is 18.0 Å². The lowest BCUT2D eigenvalue weighted by Crippen LogP contribution is -2.25.